The summed E-state index contributed by atoms with van der Waals surface area (Å²) in [6.07, 6.45) is 3.02. The molecule has 3 nitrogen and oxygen atoms in total. The second-order valence-corrected chi connectivity index (χ2v) is 4.65. The van der Waals surface area contributed by atoms with E-state index in [-0.39, 0.29) is 0 Å². The molecule has 0 aliphatic carbocycles. The Labute approximate surface area is 106 Å². The van der Waals surface area contributed by atoms with Crippen LogP contribution in [0.5, 0.6) is 0 Å². The SMILES string of the molecule is Cc1ccc(Cn2cc(C(C)O)cn2)c(Cl)c1. The van der Waals surface area contributed by atoms with Gasteiger partial charge in [-0.3, -0.25) is 4.68 Å². The van der Waals surface area contributed by atoms with E-state index in [0.29, 0.717) is 6.54 Å². The van der Waals surface area contributed by atoms with Crippen molar-refractivity contribution in [1.82, 2.24) is 9.78 Å². The Balaban J connectivity index is 2.19. The molecule has 0 saturated heterocycles. The van der Waals surface area contributed by atoms with Gasteiger partial charge in [0.2, 0.25) is 0 Å². The summed E-state index contributed by atoms with van der Waals surface area (Å²) in [6.45, 7) is 4.35. The fourth-order valence-corrected chi connectivity index (χ4v) is 1.93. The summed E-state index contributed by atoms with van der Waals surface area (Å²) in [5.74, 6) is 0. The number of aliphatic hydroxyl groups is 1. The molecule has 90 valence electrons. The highest BCUT2D eigenvalue weighted by Crippen LogP contribution is 2.19. The van der Waals surface area contributed by atoms with Crippen LogP contribution in [0.1, 0.15) is 29.7 Å². The van der Waals surface area contributed by atoms with Gasteiger partial charge in [-0.15, -0.1) is 0 Å². The van der Waals surface area contributed by atoms with Crippen molar-refractivity contribution in [3.8, 4) is 0 Å². The van der Waals surface area contributed by atoms with E-state index in [0.717, 1.165) is 21.7 Å². The van der Waals surface area contributed by atoms with E-state index in [4.69, 9.17) is 11.6 Å². The molecule has 0 aliphatic heterocycles. The van der Waals surface area contributed by atoms with Crippen LogP contribution in [0, 0.1) is 6.92 Å². The van der Waals surface area contributed by atoms with Gasteiger partial charge in [-0.2, -0.15) is 5.10 Å². The average Bonchev–Trinajstić information content (AvgIpc) is 2.71. The van der Waals surface area contributed by atoms with Crippen LogP contribution in [0.4, 0.5) is 0 Å². The van der Waals surface area contributed by atoms with E-state index in [1.807, 2.05) is 31.3 Å². The Morgan fingerprint density at radius 1 is 1.47 bits per heavy atom. The molecule has 0 radical (unpaired) electrons. The van der Waals surface area contributed by atoms with Gasteiger partial charge in [0.05, 0.1) is 18.8 Å². The number of aryl methyl sites for hydroxylation is 1. The van der Waals surface area contributed by atoms with Crippen LogP contribution in [-0.2, 0) is 6.54 Å². The number of hydrogen-bond acceptors (Lipinski definition) is 2. The third kappa shape index (κ3) is 2.87. The number of halogens is 1. The van der Waals surface area contributed by atoms with Crippen molar-refractivity contribution >= 4 is 11.6 Å². The van der Waals surface area contributed by atoms with Crippen LogP contribution in [0.15, 0.2) is 30.6 Å². The molecule has 1 N–H and O–H groups in total. The van der Waals surface area contributed by atoms with Crippen molar-refractivity contribution in [2.75, 3.05) is 0 Å². The van der Waals surface area contributed by atoms with Gasteiger partial charge in [-0.05, 0) is 31.0 Å². The third-order valence-corrected chi connectivity index (χ3v) is 3.03. The van der Waals surface area contributed by atoms with E-state index in [1.165, 1.54) is 0 Å². The molecule has 0 spiro atoms. The number of nitrogens with zero attached hydrogens (tertiary/aromatic N) is 2. The van der Waals surface area contributed by atoms with Crippen LogP contribution in [0.3, 0.4) is 0 Å². The second kappa shape index (κ2) is 4.90. The molecule has 0 fully saturated rings. The lowest BCUT2D eigenvalue weighted by Gasteiger charge is -2.05. The minimum absolute atomic E-state index is 0.489. The first-order valence-electron chi connectivity index (χ1n) is 5.51. The monoisotopic (exact) mass is 250 g/mol. The van der Waals surface area contributed by atoms with Gasteiger partial charge in [0.25, 0.3) is 0 Å². The molecule has 2 rings (SSSR count). The van der Waals surface area contributed by atoms with E-state index in [9.17, 15) is 5.11 Å². The van der Waals surface area contributed by atoms with Crippen LogP contribution in [0.25, 0.3) is 0 Å². The Bertz CT molecular complexity index is 520. The van der Waals surface area contributed by atoms with Crippen molar-refractivity contribution in [1.29, 1.82) is 0 Å². The molecule has 4 heteroatoms. The quantitative estimate of drug-likeness (QED) is 0.910. The number of aliphatic hydroxyl groups excluding tert-OH is 1. The predicted molar refractivity (Wildman–Crippen MR) is 68.2 cm³/mol. The lowest BCUT2D eigenvalue weighted by molar-refractivity contribution is 0.199. The van der Waals surface area contributed by atoms with E-state index < -0.39 is 6.10 Å². The molecule has 17 heavy (non-hydrogen) atoms. The maximum absolute atomic E-state index is 9.41. The normalized spacial score (nSPS) is 12.7. The number of benzene rings is 1. The van der Waals surface area contributed by atoms with Crippen molar-refractivity contribution in [2.24, 2.45) is 0 Å². The van der Waals surface area contributed by atoms with E-state index in [1.54, 1.807) is 17.8 Å². The van der Waals surface area contributed by atoms with Gasteiger partial charge in [-0.25, -0.2) is 0 Å². The molecule has 1 unspecified atom stereocenters. The number of aromatic nitrogens is 2. The zero-order chi connectivity index (χ0) is 12.4. The Hall–Kier alpha value is -1.32. The fraction of sp³-hybridized carbons (Fsp3) is 0.308. The van der Waals surface area contributed by atoms with Gasteiger partial charge < -0.3 is 5.11 Å². The maximum Gasteiger partial charge on any atom is 0.0792 e. The van der Waals surface area contributed by atoms with Crippen molar-refractivity contribution in [2.45, 2.75) is 26.5 Å². The van der Waals surface area contributed by atoms with Gasteiger partial charge in [0.1, 0.15) is 0 Å². The van der Waals surface area contributed by atoms with Crippen LogP contribution >= 0.6 is 11.6 Å². The van der Waals surface area contributed by atoms with Gasteiger partial charge >= 0.3 is 0 Å². The molecule has 1 aromatic carbocycles. The predicted octanol–water partition coefficient (Wildman–Crippen LogP) is 2.95. The summed E-state index contributed by atoms with van der Waals surface area (Å²) >= 11 is 6.16. The highest BCUT2D eigenvalue weighted by molar-refractivity contribution is 6.31. The number of hydrogen-bond donors (Lipinski definition) is 1. The van der Waals surface area contributed by atoms with Crippen molar-refractivity contribution < 1.29 is 5.11 Å². The second-order valence-electron chi connectivity index (χ2n) is 4.24. The fourth-order valence-electron chi connectivity index (χ4n) is 1.64. The first-order valence-corrected chi connectivity index (χ1v) is 5.89. The maximum atomic E-state index is 9.41. The summed E-state index contributed by atoms with van der Waals surface area (Å²) in [4.78, 5) is 0. The van der Waals surface area contributed by atoms with Crippen LogP contribution in [-0.4, -0.2) is 14.9 Å². The standard InChI is InChI=1S/C13H15ClN2O/c1-9-3-4-11(13(14)5-9)7-16-8-12(6-15-16)10(2)17/h3-6,8,10,17H,7H2,1-2H3. The third-order valence-electron chi connectivity index (χ3n) is 2.68. The minimum Gasteiger partial charge on any atom is -0.389 e. The number of rotatable bonds is 3. The molecule has 1 atom stereocenters. The highest BCUT2D eigenvalue weighted by atomic mass is 35.5. The van der Waals surface area contributed by atoms with Crippen LogP contribution < -0.4 is 0 Å². The zero-order valence-corrected chi connectivity index (χ0v) is 10.6. The molecule has 0 bridgehead atoms. The smallest absolute Gasteiger partial charge is 0.0792 e. The zero-order valence-electron chi connectivity index (χ0n) is 9.89. The van der Waals surface area contributed by atoms with Crippen molar-refractivity contribution in [3.05, 3.63) is 52.3 Å². The minimum atomic E-state index is -0.489. The van der Waals surface area contributed by atoms with Gasteiger partial charge in [0.15, 0.2) is 0 Å². The van der Waals surface area contributed by atoms with Gasteiger partial charge in [0, 0.05) is 16.8 Å². The van der Waals surface area contributed by atoms with Crippen LogP contribution in [0.2, 0.25) is 5.02 Å². The molecule has 0 saturated carbocycles. The van der Waals surface area contributed by atoms with E-state index >= 15 is 0 Å². The summed E-state index contributed by atoms with van der Waals surface area (Å²) in [5, 5.41) is 14.4. The largest absolute Gasteiger partial charge is 0.389 e. The summed E-state index contributed by atoms with van der Waals surface area (Å²) in [7, 11) is 0. The molecule has 0 amide bonds. The topological polar surface area (TPSA) is 38.0 Å². The molecular weight excluding hydrogens is 236 g/mol. The molecule has 1 heterocycles. The first-order chi connectivity index (χ1) is 8.06. The lowest BCUT2D eigenvalue weighted by atomic mass is 10.1. The molecular formula is C13H15ClN2O. The van der Waals surface area contributed by atoms with E-state index in [2.05, 4.69) is 5.10 Å². The van der Waals surface area contributed by atoms with Gasteiger partial charge in [-0.1, -0.05) is 23.7 Å². The average molecular weight is 251 g/mol. The first kappa shape index (κ1) is 12.1. The lowest BCUT2D eigenvalue weighted by Crippen LogP contribution is -2.00. The molecule has 0 aliphatic rings. The summed E-state index contributed by atoms with van der Waals surface area (Å²) in [5.41, 5.74) is 2.98. The summed E-state index contributed by atoms with van der Waals surface area (Å²) in [6, 6.07) is 5.97. The Morgan fingerprint density at radius 2 is 2.24 bits per heavy atom. The highest BCUT2D eigenvalue weighted by Gasteiger charge is 2.06. The Kier molecular flexibility index (Phi) is 3.50. The summed E-state index contributed by atoms with van der Waals surface area (Å²) < 4.78 is 1.78. The van der Waals surface area contributed by atoms with Crippen molar-refractivity contribution in [3.63, 3.8) is 0 Å². The Morgan fingerprint density at radius 3 is 2.82 bits per heavy atom. The molecule has 1 aromatic heterocycles. The molecule has 2 aromatic rings.